The molecule has 0 aromatic carbocycles. The Morgan fingerprint density at radius 1 is 1.40 bits per heavy atom. The molecule has 58 valence electrons. The van der Waals surface area contributed by atoms with Gasteiger partial charge in [-0.25, -0.2) is 0 Å². The predicted octanol–water partition coefficient (Wildman–Crippen LogP) is 1.39. The highest BCUT2D eigenvalue weighted by Gasteiger charge is 2.49. The minimum atomic E-state index is -0.441. The van der Waals surface area contributed by atoms with Crippen molar-refractivity contribution in [1.29, 1.82) is 0 Å². The van der Waals surface area contributed by atoms with E-state index in [1.807, 2.05) is 0 Å². The number of carbonyl (C=O) groups excluding carboxylic acids is 1. The third kappa shape index (κ3) is 1.08. The van der Waals surface area contributed by atoms with E-state index in [2.05, 4.69) is 13.8 Å². The van der Waals surface area contributed by atoms with Crippen LogP contribution in [0.2, 0.25) is 0 Å². The summed E-state index contributed by atoms with van der Waals surface area (Å²) in [5.41, 5.74) is -0.138. The summed E-state index contributed by atoms with van der Waals surface area (Å²) in [4.78, 5) is 10.5. The summed E-state index contributed by atoms with van der Waals surface area (Å²) < 4.78 is 5.09. The Kier molecular flexibility index (Phi) is 1.59. The maximum Gasteiger partial charge on any atom is 0.151 e. The maximum atomic E-state index is 10.5. The summed E-state index contributed by atoms with van der Waals surface area (Å²) >= 11 is 0. The summed E-state index contributed by atoms with van der Waals surface area (Å²) in [6.07, 6.45) is 2.65. The molecule has 0 N–H and O–H groups in total. The van der Waals surface area contributed by atoms with Crippen molar-refractivity contribution in [3.63, 3.8) is 0 Å². The van der Waals surface area contributed by atoms with E-state index in [1.165, 1.54) is 0 Å². The first kappa shape index (κ1) is 7.73. The zero-order chi connectivity index (χ0) is 7.83. The van der Waals surface area contributed by atoms with Gasteiger partial charge < -0.3 is 9.53 Å². The van der Waals surface area contributed by atoms with E-state index in [-0.39, 0.29) is 0 Å². The van der Waals surface area contributed by atoms with E-state index in [9.17, 15) is 4.79 Å². The molecule has 10 heavy (non-hydrogen) atoms. The van der Waals surface area contributed by atoms with Crippen LogP contribution in [0.15, 0.2) is 0 Å². The van der Waals surface area contributed by atoms with Crippen LogP contribution in [0.1, 0.15) is 26.7 Å². The van der Waals surface area contributed by atoms with Crippen molar-refractivity contribution in [3.05, 3.63) is 0 Å². The minimum absolute atomic E-state index is 0.302. The van der Waals surface area contributed by atoms with Gasteiger partial charge in [0.15, 0.2) is 6.29 Å². The number of ether oxygens (including phenoxy) is 1. The number of aldehydes is 1. The Hall–Kier alpha value is -0.370. The zero-order valence-corrected chi connectivity index (χ0v) is 6.81. The fraction of sp³-hybridized carbons (Fsp3) is 0.875. The zero-order valence-electron chi connectivity index (χ0n) is 6.81. The van der Waals surface area contributed by atoms with Gasteiger partial charge in [-0.05, 0) is 18.3 Å². The van der Waals surface area contributed by atoms with Crippen LogP contribution in [0.4, 0.5) is 0 Å². The molecule has 1 saturated carbocycles. The first-order valence-electron chi connectivity index (χ1n) is 3.55. The fourth-order valence-corrected chi connectivity index (χ4v) is 1.84. The third-order valence-electron chi connectivity index (χ3n) is 2.18. The van der Waals surface area contributed by atoms with Crippen molar-refractivity contribution in [1.82, 2.24) is 0 Å². The molecule has 0 atom stereocenters. The number of carbonyl (C=O) groups is 1. The quantitative estimate of drug-likeness (QED) is 0.544. The van der Waals surface area contributed by atoms with Crippen LogP contribution in [0.25, 0.3) is 0 Å². The van der Waals surface area contributed by atoms with Crippen LogP contribution in [0.3, 0.4) is 0 Å². The Morgan fingerprint density at radius 3 is 2.00 bits per heavy atom. The molecule has 1 aliphatic carbocycles. The summed E-state index contributed by atoms with van der Waals surface area (Å²) in [5.74, 6) is 0. The van der Waals surface area contributed by atoms with Crippen LogP contribution in [0, 0.1) is 5.41 Å². The van der Waals surface area contributed by atoms with Gasteiger partial charge in [0, 0.05) is 7.11 Å². The van der Waals surface area contributed by atoms with E-state index >= 15 is 0 Å². The number of rotatable bonds is 2. The highest BCUT2D eigenvalue weighted by atomic mass is 16.5. The second-order valence-electron chi connectivity index (χ2n) is 3.90. The SMILES string of the molecule is COC1(C=O)CC(C)(C)C1. The number of hydrogen-bond donors (Lipinski definition) is 0. The molecule has 0 saturated heterocycles. The van der Waals surface area contributed by atoms with Crippen LogP contribution in [-0.2, 0) is 9.53 Å². The molecule has 0 radical (unpaired) electrons. The average molecular weight is 142 g/mol. The predicted molar refractivity (Wildman–Crippen MR) is 38.8 cm³/mol. The molecular weight excluding hydrogens is 128 g/mol. The second kappa shape index (κ2) is 2.06. The third-order valence-corrected chi connectivity index (χ3v) is 2.18. The normalized spacial score (nSPS) is 27.1. The first-order chi connectivity index (χ1) is 4.54. The molecule has 2 nitrogen and oxygen atoms in total. The van der Waals surface area contributed by atoms with Crippen LogP contribution in [0.5, 0.6) is 0 Å². The lowest BCUT2D eigenvalue weighted by atomic mass is 9.62. The molecule has 0 bridgehead atoms. The molecule has 1 fully saturated rings. The van der Waals surface area contributed by atoms with Crippen molar-refractivity contribution >= 4 is 6.29 Å². The van der Waals surface area contributed by atoms with Crippen LogP contribution in [-0.4, -0.2) is 19.0 Å². The van der Waals surface area contributed by atoms with Crippen LogP contribution < -0.4 is 0 Å². The average Bonchev–Trinajstić information content (AvgIpc) is 1.82. The molecular formula is C8H14O2. The van der Waals surface area contributed by atoms with Gasteiger partial charge >= 0.3 is 0 Å². The van der Waals surface area contributed by atoms with Gasteiger partial charge in [-0.1, -0.05) is 13.8 Å². The van der Waals surface area contributed by atoms with Gasteiger partial charge in [-0.15, -0.1) is 0 Å². The Labute approximate surface area is 61.6 Å². The van der Waals surface area contributed by atoms with E-state index in [1.54, 1.807) is 7.11 Å². The molecule has 0 heterocycles. The molecule has 1 aliphatic rings. The molecule has 2 heteroatoms. The maximum absolute atomic E-state index is 10.5. The minimum Gasteiger partial charge on any atom is -0.371 e. The fourth-order valence-electron chi connectivity index (χ4n) is 1.84. The first-order valence-corrected chi connectivity index (χ1v) is 3.55. The molecule has 0 aliphatic heterocycles. The topological polar surface area (TPSA) is 26.3 Å². The van der Waals surface area contributed by atoms with E-state index in [0.717, 1.165) is 19.1 Å². The van der Waals surface area contributed by atoms with E-state index < -0.39 is 5.60 Å². The molecule has 0 unspecified atom stereocenters. The Bertz CT molecular complexity index is 141. The van der Waals surface area contributed by atoms with Crippen molar-refractivity contribution in [2.45, 2.75) is 32.3 Å². The van der Waals surface area contributed by atoms with Gasteiger partial charge in [0.25, 0.3) is 0 Å². The van der Waals surface area contributed by atoms with Gasteiger partial charge in [-0.2, -0.15) is 0 Å². The lowest BCUT2D eigenvalue weighted by Crippen LogP contribution is -2.51. The van der Waals surface area contributed by atoms with Gasteiger partial charge in [0.2, 0.25) is 0 Å². The summed E-state index contributed by atoms with van der Waals surface area (Å²) in [7, 11) is 1.60. The van der Waals surface area contributed by atoms with Gasteiger partial charge in [0.1, 0.15) is 5.60 Å². The second-order valence-corrected chi connectivity index (χ2v) is 3.90. The monoisotopic (exact) mass is 142 g/mol. The summed E-state index contributed by atoms with van der Waals surface area (Å²) in [6, 6.07) is 0. The molecule has 0 aromatic heterocycles. The number of methoxy groups -OCH3 is 1. The Balaban J connectivity index is 2.54. The molecule has 1 rings (SSSR count). The number of hydrogen-bond acceptors (Lipinski definition) is 2. The molecule has 0 amide bonds. The smallest absolute Gasteiger partial charge is 0.151 e. The van der Waals surface area contributed by atoms with Gasteiger partial charge in [0.05, 0.1) is 0 Å². The lowest BCUT2D eigenvalue weighted by molar-refractivity contribution is -0.157. The largest absolute Gasteiger partial charge is 0.371 e. The van der Waals surface area contributed by atoms with Crippen LogP contribution >= 0.6 is 0 Å². The van der Waals surface area contributed by atoms with Crippen molar-refractivity contribution in [2.75, 3.05) is 7.11 Å². The summed E-state index contributed by atoms with van der Waals surface area (Å²) in [6.45, 7) is 4.29. The summed E-state index contributed by atoms with van der Waals surface area (Å²) in [5, 5.41) is 0. The van der Waals surface area contributed by atoms with Crippen molar-refractivity contribution < 1.29 is 9.53 Å². The van der Waals surface area contributed by atoms with Crippen molar-refractivity contribution in [3.8, 4) is 0 Å². The highest BCUT2D eigenvalue weighted by Crippen LogP contribution is 2.48. The Morgan fingerprint density at radius 2 is 1.90 bits per heavy atom. The highest BCUT2D eigenvalue weighted by molar-refractivity contribution is 5.64. The standard InChI is InChI=1S/C8H14O2/c1-7(2)4-8(5-7,6-9)10-3/h6H,4-5H2,1-3H3. The van der Waals surface area contributed by atoms with E-state index in [4.69, 9.17) is 4.74 Å². The molecule has 0 spiro atoms. The molecule has 0 aromatic rings. The lowest BCUT2D eigenvalue weighted by Gasteiger charge is -2.48. The van der Waals surface area contributed by atoms with Gasteiger partial charge in [-0.3, -0.25) is 0 Å². The van der Waals surface area contributed by atoms with E-state index in [0.29, 0.717) is 5.41 Å². The van der Waals surface area contributed by atoms with Crippen molar-refractivity contribution in [2.24, 2.45) is 5.41 Å².